The summed E-state index contributed by atoms with van der Waals surface area (Å²) in [7, 11) is 0. The fourth-order valence-corrected chi connectivity index (χ4v) is 4.20. The quantitative estimate of drug-likeness (QED) is 0.398. The van der Waals surface area contributed by atoms with Crippen molar-refractivity contribution in [2.75, 3.05) is 5.32 Å². The Morgan fingerprint density at radius 2 is 1.68 bits per heavy atom. The molecule has 0 fully saturated rings. The summed E-state index contributed by atoms with van der Waals surface area (Å²) in [5, 5.41) is 6.45. The molecule has 4 aromatic rings. The van der Waals surface area contributed by atoms with E-state index in [-0.39, 0.29) is 22.5 Å². The summed E-state index contributed by atoms with van der Waals surface area (Å²) in [5.74, 6) is -0.142. The first-order valence-corrected chi connectivity index (χ1v) is 11.5. The number of aryl methyl sites for hydroxylation is 1. The Hall–Kier alpha value is -3.84. The highest BCUT2D eigenvalue weighted by molar-refractivity contribution is 7.80. The lowest BCUT2D eigenvalue weighted by molar-refractivity contribution is -0.124. The van der Waals surface area contributed by atoms with Crippen LogP contribution < -0.4 is 16.2 Å². The number of hydrogen-bond acceptors (Lipinski definition) is 4. The van der Waals surface area contributed by atoms with Gasteiger partial charge in [0.2, 0.25) is 5.91 Å². The number of nitrogens with one attached hydrogen (secondary N) is 2. The number of nitrogens with zero attached hydrogens (tertiary/aromatic N) is 2. The van der Waals surface area contributed by atoms with Crippen molar-refractivity contribution >= 4 is 39.8 Å². The zero-order valence-electron chi connectivity index (χ0n) is 19.3. The Balaban J connectivity index is 1.76. The molecule has 0 aliphatic heterocycles. The normalized spacial score (nSPS) is 11.9. The Kier molecular flexibility index (Phi) is 6.84. The second-order valence-corrected chi connectivity index (χ2v) is 8.90. The molecule has 6 nitrogen and oxygen atoms in total. The molecule has 0 saturated carbocycles. The second-order valence-electron chi connectivity index (χ2n) is 8.50. The third kappa shape index (κ3) is 4.89. The van der Waals surface area contributed by atoms with Crippen molar-refractivity contribution in [1.82, 2.24) is 14.9 Å². The predicted molar refractivity (Wildman–Crippen MR) is 141 cm³/mol. The first kappa shape index (κ1) is 23.3. The van der Waals surface area contributed by atoms with E-state index in [1.807, 2.05) is 81.4 Å². The highest BCUT2D eigenvalue weighted by atomic mass is 32.1. The molecule has 4 rings (SSSR count). The lowest BCUT2D eigenvalue weighted by atomic mass is 10.0. The number of thiocarbonyl (C=S) groups is 1. The topological polar surface area (TPSA) is 76.0 Å². The molecule has 0 saturated heterocycles. The van der Waals surface area contributed by atoms with Crippen LogP contribution in [0.4, 0.5) is 5.69 Å². The van der Waals surface area contributed by atoms with Crippen molar-refractivity contribution in [3.05, 3.63) is 94.8 Å². The Morgan fingerprint density at radius 1 is 0.971 bits per heavy atom. The van der Waals surface area contributed by atoms with Crippen LogP contribution in [0, 0.1) is 12.8 Å². The van der Waals surface area contributed by atoms with Crippen molar-refractivity contribution in [3.8, 4) is 11.4 Å². The van der Waals surface area contributed by atoms with E-state index in [9.17, 15) is 9.59 Å². The molecular weight excluding hydrogens is 444 g/mol. The minimum Gasteiger partial charge on any atom is -0.332 e. The first-order chi connectivity index (χ1) is 16.3. The van der Waals surface area contributed by atoms with Gasteiger partial charge in [0.15, 0.2) is 5.11 Å². The Bertz CT molecular complexity index is 1410. The van der Waals surface area contributed by atoms with Gasteiger partial charge in [-0.2, -0.15) is 0 Å². The van der Waals surface area contributed by atoms with Crippen LogP contribution in [0.1, 0.15) is 25.5 Å². The molecule has 1 amide bonds. The number of amides is 1. The number of hydrogen-bond donors (Lipinski definition) is 2. The number of aromatic nitrogens is 2. The van der Waals surface area contributed by atoms with Crippen LogP contribution in [0.25, 0.3) is 22.3 Å². The molecule has 34 heavy (non-hydrogen) atoms. The van der Waals surface area contributed by atoms with Crippen LogP contribution >= 0.6 is 12.2 Å². The van der Waals surface area contributed by atoms with E-state index in [1.54, 1.807) is 18.2 Å². The summed E-state index contributed by atoms with van der Waals surface area (Å²) < 4.78 is 1.49. The lowest BCUT2D eigenvalue weighted by Gasteiger charge is -2.26. The maximum Gasteiger partial charge on any atom is 0.262 e. The highest BCUT2D eigenvalue weighted by Crippen LogP contribution is 2.26. The van der Waals surface area contributed by atoms with Gasteiger partial charge in [-0.3, -0.25) is 14.2 Å². The summed E-state index contributed by atoms with van der Waals surface area (Å²) in [6.45, 7) is 5.78. The molecule has 2 N–H and O–H groups in total. The molecule has 1 heterocycles. The standard InChI is InChI=1S/C27H26N4O2S/c1-17(2)23(25(32)30-27(34)28-20-13-9-10-18(3)16-20)31-24(19-11-5-4-6-12-19)29-22-15-8-7-14-21(22)26(31)33/h4-17,23H,1-3H3,(H2,28,30,32,34). The molecule has 1 atom stereocenters. The molecule has 7 heteroatoms. The maximum absolute atomic E-state index is 13.7. The zero-order valence-corrected chi connectivity index (χ0v) is 20.1. The molecule has 0 bridgehead atoms. The van der Waals surface area contributed by atoms with E-state index >= 15 is 0 Å². The molecule has 0 spiro atoms. The van der Waals surface area contributed by atoms with Gasteiger partial charge in [-0.25, -0.2) is 4.98 Å². The second kappa shape index (κ2) is 9.97. The number of rotatable bonds is 5. The van der Waals surface area contributed by atoms with Gasteiger partial charge in [0.05, 0.1) is 10.9 Å². The molecule has 3 aromatic carbocycles. The van der Waals surface area contributed by atoms with Crippen LogP contribution in [0.3, 0.4) is 0 Å². The summed E-state index contributed by atoms with van der Waals surface area (Å²) in [4.78, 5) is 32.0. The van der Waals surface area contributed by atoms with E-state index < -0.39 is 6.04 Å². The maximum atomic E-state index is 13.7. The smallest absolute Gasteiger partial charge is 0.262 e. The fourth-order valence-electron chi connectivity index (χ4n) is 3.98. The Labute approximate surface area is 203 Å². The zero-order chi connectivity index (χ0) is 24.2. The number of carbonyl (C=O) groups is 1. The lowest BCUT2D eigenvalue weighted by Crippen LogP contribution is -2.44. The predicted octanol–water partition coefficient (Wildman–Crippen LogP) is 5.08. The molecule has 0 aliphatic rings. The highest BCUT2D eigenvalue weighted by Gasteiger charge is 2.29. The van der Waals surface area contributed by atoms with Gasteiger partial charge in [-0.05, 0) is 54.9 Å². The van der Waals surface area contributed by atoms with E-state index in [0.717, 1.165) is 16.8 Å². The van der Waals surface area contributed by atoms with Crippen molar-refractivity contribution in [3.63, 3.8) is 0 Å². The average molecular weight is 471 g/mol. The van der Waals surface area contributed by atoms with Gasteiger partial charge >= 0.3 is 0 Å². The number of benzene rings is 3. The van der Waals surface area contributed by atoms with Crippen molar-refractivity contribution < 1.29 is 4.79 Å². The van der Waals surface area contributed by atoms with E-state index in [4.69, 9.17) is 17.2 Å². The van der Waals surface area contributed by atoms with Gasteiger partial charge in [0, 0.05) is 11.3 Å². The van der Waals surface area contributed by atoms with E-state index in [2.05, 4.69) is 10.6 Å². The number of para-hydroxylation sites is 1. The minimum atomic E-state index is -0.822. The SMILES string of the molecule is Cc1cccc(NC(=S)NC(=O)C(C(C)C)n2c(-c3ccccc3)nc3ccccc3c2=O)c1. The minimum absolute atomic E-state index is 0.171. The van der Waals surface area contributed by atoms with Gasteiger partial charge in [-0.15, -0.1) is 0 Å². The van der Waals surface area contributed by atoms with Crippen molar-refractivity contribution in [1.29, 1.82) is 0 Å². The van der Waals surface area contributed by atoms with Crippen molar-refractivity contribution in [2.24, 2.45) is 5.92 Å². The first-order valence-electron chi connectivity index (χ1n) is 11.1. The summed E-state index contributed by atoms with van der Waals surface area (Å²) in [6.07, 6.45) is 0. The molecule has 0 radical (unpaired) electrons. The number of fused-ring (bicyclic) bond motifs is 1. The molecule has 1 aromatic heterocycles. The van der Waals surface area contributed by atoms with Gasteiger partial charge < -0.3 is 10.6 Å². The third-order valence-electron chi connectivity index (χ3n) is 5.53. The number of anilines is 1. The van der Waals surface area contributed by atoms with Crippen LogP contribution in [0.5, 0.6) is 0 Å². The van der Waals surface area contributed by atoms with E-state index in [0.29, 0.717) is 16.7 Å². The fraction of sp³-hybridized carbons (Fsp3) is 0.185. The molecule has 172 valence electrons. The van der Waals surface area contributed by atoms with Gasteiger partial charge in [0.25, 0.3) is 5.56 Å². The van der Waals surface area contributed by atoms with Gasteiger partial charge in [0.1, 0.15) is 11.9 Å². The monoisotopic (exact) mass is 470 g/mol. The van der Waals surface area contributed by atoms with Crippen LogP contribution in [0.2, 0.25) is 0 Å². The summed E-state index contributed by atoms with van der Waals surface area (Å²) in [6, 6.07) is 23.5. The molecular formula is C27H26N4O2S. The van der Waals surface area contributed by atoms with Crippen LogP contribution in [0.15, 0.2) is 83.7 Å². The number of carbonyl (C=O) groups excluding carboxylic acids is 1. The molecule has 0 aliphatic carbocycles. The average Bonchev–Trinajstić information content (AvgIpc) is 2.81. The third-order valence-corrected chi connectivity index (χ3v) is 5.73. The van der Waals surface area contributed by atoms with Gasteiger partial charge in [-0.1, -0.05) is 68.4 Å². The van der Waals surface area contributed by atoms with Crippen molar-refractivity contribution in [2.45, 2.75) is 26.8 Å². The van der Waals surface area contributed by atoms with Crippen LogP contribution in [-0.4, -0.2) is 20.6 Å². The molecule has 1 unspecified atom stereocenters. The Morgan fingerprint density at radius 3 is 2.38 bits per heavy atom. The van der Waals surface area contributed by atoms with Crippen LogP contribution in [-0.2, 0) is 4.79 Å². The largest absolute Gasteiger partial charge is 0.332 e. The summed E-state index contributed by atoms with van der Waals surface area (Å²) in [5.41, 5.74) is 2.92. The summed E-state index contributed by atoms with van der Waals surface area (Å²) >= 11 is 5.40. The van der Waals surface area contributed by atoms with E-state index in [1.165, 1.54) is 4.57 Å².